The second-order valence-electron chi connectivity index (χ2n) is 6.87. The lowest BCUT2D eigenvalue weighted by atomic mass is 10.0. The molecule has 22 heavy (non-hydrogen) atoms. The van der Waals surface area contributed by atoms with Gasteiger partial charge < -0.3 is 19.6 Å². The van der Waals surface area contributed by atoms with Gasteiger partial charge in [0.25, 0.3) is 0 Å². The van der Waals surface area contributed by atoms with Crippen LogP contribution in [-0.2, 0) is 0 Å². The second kappa shape index (κ2) is 7.84. The lowest BCUT2D eigenvalue weighted by molar-refractivity contribution is 0.113. The molecule has 0 unspecified atom stereocenters. The van der Waals surface area contributed by atoms with Crippen LogP contribution in [0.15, 0.2) is 36.7 Å². The molecule has 2 aliphatic heterocycles. The van der Waals surface area contributed by atoms with Crippen molar-refractivity contribution in [2.75, 3.05) is 60.4 Å². The molecule has 2 aliphatic rings. The van der Waals surface area contributed by atoms with Crippen LogP contribution in [0.25, 0.3) is 0 Å². The first-order valence-electron chi connectivity index (χ1n) is 8.35. The topological polar surface area (TPSA) is 13.0 Å². The molecule has 2 rings (SSSR count). The maximum Gasteiger partial charge on any atom is 0.0573 e. The minimum atomic E-state index is 0.684. The Kier molecular flexibility index (Phi) is 6.09. The van der Waals surface area contributed by atoms with Gasteiger partial charge in [0.1, 0.15) is 0 Å². The van der Waals surface area contributed by atoms with Gasteiger partial charge in [0.05, 0.1) is 6.54 Å². The third-order valence-corrected chi connectivity index (χ3v) is 4.71. The van der Waals surface area contributed by atoms with Crippen LogP contribution in [0.2, 0.25) is 0 Å². The van der Waals surface area contributed by atoms with E-state index in [1.165, 1.54) is 31.6 Å². The standard InChI is InChI=1S/C18H32N4/c1-16(7-6-10-19(3)4)21-13-14-22(17(2)15-21)18-8-11-20(5)12-9-18/h6-7,18H,1-2,8-15H2,3-5H3/b7-6+. The zero-order chi connectivity index (χ0) is 16.1. The van der Waals surface area contributed by atoms with E-state index in [1.807, 2.05) is 0 Å². The molecule has 124 valence electrons. The lowest BCUT2D eigenvalue weighted by Crippen LogP contribution is -2.50. The van der Waals surface area contributed by atoms with Gasteiger partial charge in [-0.1, -0.05) is 19.2 Å². The van der Waals surface area contributed by atoms with Crippen LogP contribution in [0, 0.1) is 0 Å². The first-order valence-corrected chi connectivity index (χ1v) is 8.35. The molecule has 0 radical (unpaired) electrons. The molecule has 0 aromatic carbocycles. The van der Waals surface area contributed by atoms with Crippen LogP contribution >= 0.6 is 0 Å². The van der Waals surface area contributed by atoms with E-state index in [9.17, 15) is 0 Å². The van der Waals surface area contributed by atoms with Gasteiger partial charge in [-0.2, -0.15) is 0 Å². The van der Waals surface area contributed by atoms with Crippen molar-refractivity contribution in [1.29, 1.82) is 0 Å². The van der Waals surface area contributed by atoms with E-state index in [1.54, 1.807) is 0 Å². The van der Waals surface area contributed by atoms with E-state index >= 15 is 0 Å². The summed E-state index contributed by atoms with van der Waals surface area (Å²) in [5, 5.41) is 0. The van der Waals surface area contributed by atoms with Crippen LogP contribution in [0.1, 0.15) is 12.8 Å². The fourth-order valence-corrected chi connectivity index (χ4v) is 3.27. The highest BCUT2D eigenvalue weighted by atomic mass is 15.3. The second-order valence-corrected chi connectivity index (χ2v) is 6.87. The predicted molar refractivity (Wildman–Crippen MR) is 94.8 cm³/mol. The Balaban J connectivity index is 1.83. The van der Waals surface area contributed by atoms with Crippen molar-refractivity contribution in [1.82, 2.24) is 19.6 Å². The largest absolute Gasteiger partial charge is 0.369 e. The summed E-state index contributed by atoms with van der Waals surface area (Å²) >= 11 is 0. The summed E-state index contributed by atoms with van der Waals surface area (Å²) < 4.78 is 0. The van der Waals surface area contributed by atoms with E-state index in [2.05, 4.69) is 66.1 Å². The number of hydrogen-bond donors (Lipinski definition) is 0. The molecule has 4 nitrogen and oxygen atoms in total. The maximum absolute atomic E-state index is 4.33. The van der Waals surface area contributed by atoms with Crippen LogP contribution in [0.5, 0.6) is 0 Å². The van der Waals surface area contributed by atoms with Gasteiger partial charge >= 0.3 is 0 Å². The summed E-state index contributed by atoms with van der Waals surface area (Å²) in [6.45, 7) is 14.9. The number of rotatable bonds is 5. The summed E-state index contributed by atoms with van der Waals surface area (Å²) in [7, 11) is 6.37. The number of piperazine rings is 1. The van der Waals surface area contributed by atoms with Crippen molar-refractivity contribution in [2.24, 2.45) is 0 Å². The number of allylic oxidation sites excluding steroid dienone is 1. The summed E-state index contributed by atoms with van der Waals surface area (Å²) in [6.07, 6.45) is 6.84. The number of nitrogens with zero attached hydrogens (tertiary/aromatic N) is 4. The lowest BCUT2D eigenvalue weighted by Gasteiger charge is -2.45. The van der Waals surface area contributed by atoms with Crippen molar-refractivity contribution in [3.05, 3.63) is 36.7 Å². The van der Waals surface area contributed by atoms with Crippen molar-refractivity contribution in [2.45, 2.75) is 18.9 Å². The van der Waals surface area contributed by atoms with Gasteiger partial charge in [0, 0.05) is 37.1 Å². The molecular formula is C18H32N4. The molecule has 0 N–H and O–H groups in total. The van der Waals surface area contributed by atoms with Crippen molar-refractivity contribution in [3.63, 3.8) is 0 Å². The maximum atomic E-state index is 4.33. The Morgan fingerprint density at radius 1 is 1.23 bits per heavy atom. The molecule has 0 aromatic heterocycles. The summed E-state index contributed by atoms with van der Waals surface area (Å²) in [5.74, 6) is 0. The molecule has 0 aromatic rings. The SMILES string of the molecule is C=C(/C=C/CN(C)C)N1CCN(C2CCN(C)CC2)C(=C)C1. The zero-order valence-electron chi connectivity index (χ0n) is 14.6. The van der Waals surface area contributed by atoms with E-state index in [0.29, 0.717) is 6.04 Å². The molecule has 0 bridgehead atoms. The highest BCUT2D eigenvalue weighted by molar-refractivity contribution is 5.18. The van der Waals surface area contributed by atoms with Crippen LogP contribution in [0.4, 0.5) is 0 Å². The van der Waals surface area contributed by atoms with Crippen molar-refractivity contribution < 1.29 is 0 Å². The van der Waals surface area contributed by atoms with Gasteiger partial charge in [0.2, 0.25) is 0 Å². The Hall–Kier alpha value is -1.26. The zero-order valence-corrected chi connectivity index (χ0v) is 14.6. The minimum absolute atomic E-state index is 0.684. The van der Waals surface area contributed by atoms with E-state index in [4.69, 9.17) is 0 Å². The normalized spacial score (nSPS) is 22.1. The molecule has 2 saturated heterocycles. The van der Waals surface area contributed by atoms with E-state index in [-0.39, 0.29) is 0 Å². The number of hydrogen-bond acceptors (Lipinski definition) is 4. The third-order valence-electron chi connectivity index (χ3n) is 4.71. The average molecular weight is 304 g/mol. The monoisotopic (exact) mass is 304 g/mol. The van der Waals surface area contributed by atoms with Crippen LogP contribution in [0.3, 0.4) is 0 Å². The van der Waals surface area contributed by atoms with E-state index < -0.39 is 0 Å². The summed E-state index contributed by atoms with van der Waals surface area (Å²) in [6, 6.07) is 0.684. The predicted octanol–water partition coefficient (Wildman–Crippen LogP) is 1.84. The van der Waals surface area contributed by atoms with Gasteiger partial charge in [-0.25, -0.2) is 0 Å². The molecule has 0 spiro atoms. The smallest absolute Gasteiger partial charge is 0.0573 e. The van der Waals surface area contributed by atoms with Gasteiger partial charge in [0.15, 0.2) is 0 Å². The molecule has 0 atom stereocenters. The minimum Gasteiger partial charge on any atom is -0.369 e. The van der Waals surface area contributed by atoms with Crippen LogP contribution in [-0.4, -0.2) is 86.1 Å². The molecule has 2 heterocycles. The number of piperidine rings is 1. The highest BCUT2D eigenvalue weighted by Crippen LogP contribution is 2.24. The Labute approximate surface area is 136 Å². The molecule has 0 saturated carbocycles. The Morgan fingerprint density at radius 3 is 2.50 bits per heavy atom. The Morgan fingerprint density at radius 2 is 1.91 bits per heavy atom. The first kappa shape index (κ1) is 17.1. The van der Waals surface area contributed by atoms with E-state index in [0.717, 1.165) is 31.9 Å². The quantitative estimate of drug-likeness (QED) is 0.719. The summed E-state index contributed by atoms with van der Waals surface area (Å²) in [5.41, 5.74) is 2.36. The summed E-state index contributed by atoms with van der Waals surface area (Å²) in [4.78, 5) is 9.47. The number of likely N-dealkylation sites (tertiary alicyclic amines) is 1. The molecule has 2 fully saturated rings. The fraction of sp³-hybridized carbons (Fsp3) is 0.667. The van der Waals surface area contributed by atoms with Gasteiger partial charge in [-0.15, -0.1) is 0 Å². The third kappa shape index (κ3) is 4.62. The molecule has 0 amide bonds. The molecular weight excluding hydrogens is 272 g/mol. The molecule has 0 aliphatic carbocycles. The van der Waals surface area contributed by atoms with Gasteiger partial charge in [-0.05, 0) is 53.2 Å². The average Bonchev–Trinajstić information content (AvgIpc) is 2.48. The fourth-order valence-electron chi connectivity index (χ4n) is 3.27. The van der Waals surface area contributed by atoms with Crippen molar-refractivity contribution in [3.8, 4) is 0 Å². The highest BCUT2D eigenvalue weighted by Gasteiger charge is 2.28. The van der Waals surface area contributed by atoms with Crippen molar-refractivity contribution >= 4 is 0 Å². The van der Waals surface area contributed by atoms with Gasteiger partial charge in [-0.3, -0.25) is 0 Å². The first-order chi connectivity index (χ1) is 10.5. The molecule has 4 heteroatoms. The number of likely N-dealkylation sites (N-methyl/N-ethyl adjacent to an activating group) is 1. The van der Waals surface area contributed by atoms with Crippen LogP contribution < -0.4 is 0 Å². The Bertz CT molecular complexity index is 419.